The minimum atomic E-state index is -0.348. The number of hydrogen-bond acceptors (Lipinski definition) is 3. The van der Waals surface area contributed by atoms with E-state index in [4.69, 9.17) is 4.74 Å². The molecular formula is C19H18FN3O2. The summed E-state index contributed by atoms with van der Waals surface area (Å²) in [5, 5.41) is 2.78. The van der Waals surface area contributed by atoms with Gasteiger partial charge in [-0.3, -0.25) is 4.79 Å². The van der Waals surface area contributed by atoms with Gasteiger partial charge in [-0.15, -0.1) is 0 Å². The van der Waals surface area contributed by atoms with Crippen molar-refractivity contribution in [2.75, 3.05) is 5.32 Å². The van der Waals surface area contributed by atoms with Gasteiger partial charge < -0.3 is 14.6 Å². The number of ether oxygens (including phenoxy) is 1. The van der Waals surface area contributed by atoms with Crippen molar-refractivity contribution >= 4 is 11.6 Å². The Hall–Kier alpha value is -3.15. The van der Waals surface area contributed by atoms with E-state index in [1.165, 1.54) is 12.1 Å². The lowest BCUT2D eigenvalue weighted by Gasteiger charge is -2.08. The Morgan fingerprint density at radius 1 is 1.24 bits per heavy atom. The average Bonchev–Trinajstić information content (AvgIpc) is 2.99. The first-order valence-corrected chi connectivity index (χ1v) is 7.83. The minimum absolute atomic E-state index is 0.120. The summed E-state index contributed by atoms with van der Waals surface area (Å²) in [6.07, 6.45) is 3.70. The van der Waals surface area contributed by atoms with Gasteiger partial charge in [0.15, 0.2) is 0 Å². The monoisotopic (exact) mass is 339 g/mol. The number of carbonyl (C=O) groups excluding carboxylic acids is 1. The van der Waals surface area contributed by atoms with Crippen molar-refractivity contribution in [2.24, 2.45) is 7.05 Å². The summed E-state index contributed by atoms with van der Waals surface area (Å²) in [5.41, 5.74) is 1.29. The molecule has 0 radical (unpaired) electrons. The van der Waals surface area contributed by atoms with Gasteiger partial charge in [-0.1, -0.05) is 12.1 Å². The zero-order valence-corrected chi connectivity index (χ0v) is 13.8. The van der Waals surface area contributed by atoms with Gasteiger partial charge in [0.05, 0.1) is 6.42 Å². The van der Waals surface area contributed by atoms with Crippen molar-refractivity contribution in [1.82, 2.24) is 9.55 Å². The molecule has 0 aliphatic heterocycles. The predicted octanol–water partition coefficient (Wildman–Crippen LogP) is 3.32. The Morgan fingerprint density at radius 2 is 2.04 bits per heavy atom. The van der Waals surface area contributed by atoms with Crippen LogP contribution in [0, 0.1) is 5.82 Å². The van der Waals surface area contributed by atoms with Gasteiger partial charge in [0.2, 0.25) is 5.91 Å². The lowest BCUT2D eigenvalue weighted by Crippen LogP contribution is -2.14. The highest BCUT2D eigenvalue weighted by atomic mass is 19.1. The quantitative estimate of drug-likeness (QED) is 0.749. The molecule has 0 unspecified atom stereocenters. The van der Waals surface area contributed by atoms with Gasteiger partial charge in [-0.05, 0) is 42.0 Å². The number of aromatic nitrogens is 2. The van der Waals surface area contributed by atoms with Crippen LogP contribution in [0.5, 0.6) is 5.75 Å². The number of carbonyl (C=O) groups is 1. The highest BCUT2D eigenvalue weighted by Crippen LogP contribution is 2.17. The van der Waals surface area contributed by atoms with E-state index in [1.54, 1.807) is 42.6 Å². The third kappa shape index (κ3) is 4.67. The SMILES string of the molecule is Cn1ccnc1COc1ccc(NC(=O)Cc2cccc(F)c2)cc1. The lowest BCUT2D eigenvalue weighted by atomic mass is 10.1. The first-order chi connectivity index (χ1) is 12.1. The van der Waals surface area contributed by atoms with Crippen LogP contribution in [0.4, 0.5) is 10.1 Å². The fourth-order valence-corrected chi connectivity index (χ4v) is 2.36. The van der Waals surface area contributed by atoms with E-state index in [1.807, 2.05) is 17.8 Å². The van der Waals surface area contributed by atoms with Crippen molar-refractivity contribution in [2.45, 2.75) is 13.0 Å². The number of hydrogen-bond donors (Lipinski definition) is 1. The Morgan fingerprint density at radius 3 is 2.72 bits per heavy atom. The molecule has 1 N–H and O–H groups in total. The van der Waals surface area contributed by atoms with E-state index >= 15 is 0 Å². The summed E-state index contributed by atoms with van der Waals surface area (Å²) >= 11 is 0. The molecule has 5 nitrogen and oxygen atoms in total. The van der Waals surface area contributed by atoms with Gasteiger partial charge in [0, 0.05) is 25.1 Å². The molecule has 0 saturated carbocycles. The van der Waals surface area contributed by atoms with E-state index in [-0.39, 0.29) is 18.1 Å². The molecular weight excluding hydrogens is 321 g/mol. The fourth-order valence-electron chi connectivity index (χ4n) is 2.36. The maximum Gasteiger partial charge on any atom is 0.228 e. The number of halogens is 1. The van der Waals surface area contributed by atoms with Crippen molar-refractivity contribution in [3.8, 4) is 5.75 Å². The van der Waals surface area contributed by atoms with Crippen LogP contribution in [0.15, 0.2) is 60.9 Å². The molecule has 0 saturated heterocycles. The third-order valence-corrected chi connectivity index (χ3v) is 3.68. The van der Waals surface area contributed by atoms with Crippen LogP contribution in [0.3, 0.4) is 0 Å². The van der Waals surface area contributed by atoms with Crippen LogP contribution in [0.2, 0.25) is 0 Å². The maximum atomic E-state index is 13.1. The summed E-state index contributed by atoms with van der Waals surface area (Å²) < 4.78 is 20.7. The van der Waals surface area contributed by atoms with Gasteiger partial charge >= 0.3 is 0 Å². The normalized spacial score (nSPS) is 10.5. The summed E-state index contributed by atoms with van der Waals surface area (Å²) in [6.45, 7) is 0.370. The molecule has 128 valence electrons. The number of aryl methyl sites for hydroxylation is 1. The topological polar surface area (TPSA) is 56.1 Å². The van der Waals surface area contributed by atoms with E-state index < -0.39 is 0 Å². The molecule has 1 aromatic heterocycles. The van der Waals surface area contributed by atoms with E-state index in [0.717, 1.165) is 5.82 Å². The molecule has 0 spiro atoms. The summed E-state index contributed by atoms with van der Waals surface area (Å²) in [6, 6.07) is 13.1. The molecule has 0 atom stereocenters. The van der Waals surface area contributed by atoms with Crippen LogP contribution in [-0.4, -0.2) is 15.5 Å². The molecule has 6 heteroatoms. The van der Waals surface area contributed by atoms with Crippen LogP contribution in [-0.2, 0) is 24.9 Å². The molecule has 0 aliphatic carbocycles. The van der Waals surface area contributed by atoms with Gasteiger partial charge in [-0.2, -0.15) is 0 Å². The molecule has 0 fully saturated rings. The molecule has 2 aromatic carbocycles. The molecule has 0 bridgehead atoms. The number of nitrogens with zero attached hydrogens (tertiary/aromatic N) is 2. The second-order valence-corrected chi connectivity index (χ2v) is 5.62. The van der Waals surface area contributed by atoms with Gasteiger partial charge in [0.1, 0.15) is 24.0 Å². The maximum absolute atomic E-state index is 13.1. The van der Waals surface area contributed by atoms with E-state index in [0.29, 0.717) is 23.6 Å². The lowest BCUT2D eigenvalue weighted by molar-refractivity contribution is -0.115. The van der Waals surface area contributed by atoms with Gasteiger partial charge in [0.25, 0.3) is 0 Å². The van der Waals surface area contributed by atoms with Crippen molar-refractivity contribution in [3.05, 3.63) is 78.1 Å². The zero-order chi connectivity index (χ0) is 17.6. The molecule has 25 heavy (non-hydrogen) atoms. The molecule has 0 aliphatic rings. The smallest absolute Gasteiger partial charge is 0.228 e. The number of imidazole rings is 1. The zero-order valence-electron chi connectivity index (χ0n) is 13.8. The third-order valence-electron chi connectivity index (χ3n) is 3.68. The Labute approximate surface area is 145 Å². The number of benzene rings is 2. The largest absolute Gasteiger partial charge is 0.486 e. The Balaban J connectivity index is 1.53. The van der Waals surface area contributed by atoms with Crippen molar-refractivity contribution < 1.29 is 13.9 Å². The number of anilines is 1. The highest BCUT2D eigenvalue weighted by Gasteiger charge is 2.06. The van der Waals surface area contributed by atoms with Crippen molar-refractivity contribution in [3.63, 3.8) is 0 Å². The van der Waals surface area contributed by atoms with Crippen LogP contribution in [0.1, 0.15) is 11.4 Å². The molecule has 1 heterocycles. The van der Waals surface area contributed by atoms with Gasteiger partial charge in [-0.25, -0.2) is 9.37 Å². The number of amides is 1. The summed E-state index contributed by atoms with van der Waals surface area (Å²) in [7, 11) is 1.91. The number of rotatable bonds is 6. The minimum Gasteiger partial charge on any atom is -0.486 e. The number of nitrogens with one attached hydrogen (secondary N) is 1. The first-order valence-electron chi connectivity index (χ1n) is 7.83. The molecule has 3 rings (SSSR count). The highest BCUT2D eigenvalue weighted by molar-refractivity contribution is 5.92. The predicted molar refractivity (Wildman–Crippen MR) is 92.7 cm³/mol. The molecule has 3 aromatic rings. The Bertz CT molecular complexity index is 859. The van der Waals surface area contributed by atoms with Crippen molar-refractivity contribution in [1.29, 1.82) is 0 Å². The summed E-state index contributed by atoms with van der Waals surface area (Å²) in [5.74, 6) is 0.963. The second kappa shape index (κ2) is 7.61. The van der Waals surface area contributed by atoms with E-state index in [2.05, 4.69) is 10.3 Å². The van der Waals surface area contributed by atoms with Crippen LogP contribution in [0.25, 0.3) is 0 Å². The van der Waals surface area contributed by atoms with E-state index in [9.17, 15) is 9.18 Å². The Kier molecular flexibility index (Phi) is 5.09. The fraction of sp³-hybridized carbons (Fsp3) is 0.158. The first kappa shape index (κ1) is 16.7. The second-order valence-electron chi connectivity index (χ2n) is 5.62. The average molecular weight is 339 g/mol. The summed E-state index contributed by atoms with van der Waals surface area (Å²) in [4.78, 5) is 16.2. The van der Waals surface area contributed by atoms with Crippen LogP contribution >= 0.6 is 0 Å². The van der Waals surface area contributed by atoms with Crippen LogP contribution < -0.4 is 10.1 Å². The standard InChI is InChI=1S/C19H18FN3O2/c1-23-10-9-21-18(23)13-25-17-7-5-16(6-8-17)22-19(24)12-14-3-2-4-15(20)11-14/h2-11H,12-13H2,1H3,(H,22,24). The molecule has 1 amide bonds.